The van der Waals surface area contributed by atoms with Crippen LogP contribution in [0, 0.1) is 12.3 Å². The van der Waals surface area contributed by atoms with Crippen molar-refractivity contribution in [2.24, 2.45) is 0 Å². The maximum atomic E-state index is 11.5. The molecule has 0 unspecified atom stereocenters. The Bertz CT molecular complexity index is 367. The number of carbonyl (C=O) groups is 1. The van der Waals surface area contributed by atoms with E-state index in [1.807, 2.05) is 30.3 Å². The minimum Gasteiger partial charge on any atom is -0.468 e. The van der Waals surface area contributed by atoms with Gasteiger partial charge in [0.25, 0.3) is 0 Å². The lowest BCUT2D eigenvalue weighted by molar-refractivity contribution is -0.143. The average molecular weight is 217 g/mol. The number of hydrogen-bond donors (Lipinski definition) is 1. The van der Waals surface area contributed by atoms with Crippen molar-refractivity contribution in [3.8, 4) is 12.3 Å². The number of hydrogen-bond acceptors (Lipinski definition) is 3. The molecule has 1 rings (SSSR count). The summed E-state index contributed by atoms with van der Waals surface area (Å²) >= 11 is 0. The van der Waals surface area contributed by atoms with E-state index in [-0.39, 0.29) is 12.0 Å². The summed E-state index contributed by atoms with van der Waals surface area (Å²) in [5.74, 6) is 2.15. The molecule has 16 heavy (non-hydrogen) atoms. The molecule has 0 bridgehead atoms. The van der Waals surface area contributed by atoms with Crippen LogP contribution in [0.25, 0.3) is 0 Å². The molecule has 0 spiro atoms. The van der Waals surface area contributed by atoms with Crippen molar-refractivity contribution < 1.29 is 9.53 Å². The molecule has 1 atom stereocenters. The molecule has 0 aliphatic carbocycles. The molecule has 0 aromatic heterocycles. The van der Waals surface area contributed by atoms with Gasteiger partial charge >= 0.3 is 5.97 Å². The Hall–Kier alpha value is -1.79. The summed E-state index contributed by atoms with van der Waals surface area (Å²) in [5, 5.41) is 2.96. The van der Waals surface area contributed by atoms with Crippen LogP contribution in [0.2, 0.25) is 0 Å². The van der Waals surface area contributed by atoms with Gasteiger partial charge in [0.15, 0.2) is 0 Å². The summed E-state index contributed by atoms with van der Waals surface area (Å²) in [5.41, 5.74) is 1.07. The maximum Gasteiger partial charge on any atom is 0.323 e. The summed E-state index contributed by atoms with van der Waals surface area (Å²) in [7, 11) is 1.37. The third-order valence-electron chi connectivity index (χ3n) is 2.22. The first-order valence-corrected chi connectivity index (χ1v) is 5.06. The zero-order chi connectivity index (χ0) is 11.8. The van der Waals surface area contributed by atoms with E-state index in [1.165, 1.54) is 7.11 Å². The highest BCUT2D eigenvalue weighted by molar-refractivity contribution is 5.76. The molecule has 0 fully saturated rings. The van der Waals surface area contributed by atoms with Crippen molar-refractivity contribution in [1.82, 2.24) is 5.32 Å². The molecule has 0 heterocycles. The van der Waals surface area contributed by atoms with Crippen molar-refractivity contribution >= 4 is 5.97 Å². The molecule has 0 saturated carbocycles. The van der Waals surface area contributed by atoms with Crippen molar-refractivity contribution in [3.05, 3.63) is 35.9 Å². The number of carbonyl (C=O) groups excluding carboxylic acids is 1. The van der Waals surface area contributed by atoms with Crippen LogP contribution in [0.15, 0.2) is 30.3 Å². The number of ether oxygens (including phenoxy) is 1. The van der Waals surface area contributed by atoms with Gasteiger partial charge in [-0.25, -0.2) is 0 Å². The fourth-order valence-corrected chi connectivity index (χ4v) is 1.41. The summed E-state index contributed by atoms with van der Waals surface area (Å²) in [6.07, 6.45) is 5.73. The Morgan fingerprint density at radius 2 is 2.19 bits per heavy atom. The van der Waals surface area contributed by atoms with Gasteiger partial charge in [-0.1, -0.05) is 36.3 Å². The highest BCUT2D eigenvalue weighted by Gasteiger charge is 2.18. The van der Waals surface area contributed by atoms with Crippen LogP contribution in [-0.2, 0) is 16.0 Å². The van der Waals surface area contributed by atoms with E-state index in [0.717, 1.165) is 5.56 Å². The van der Waals surface area contributed by atoms with Crippen molar-refractivity contribution in [2.75, 3.05) is 13.7 Å². The Labute approximate surface area is 95.8 Å². The Kier molecular flexibility index (Phi) is 5.10. The van der Waals surface area contributed by atoms with Gasteiger partial charge in [-0.05, 0) is 12.0 Å². The molecule has 1 aromatic rings. The topological polar surface area (TPSA) is 38.3 Å². The minimum absolute atomic E-state index is 0.292. The van der Waals surface area contributed by atoms with E-state index in [4.69, 9.17) is 11.2 Å². The zero-order valence-corrected chi connectivity index (χ0v) is 9.27. The van der Waals surface area contributed by atoms with Crippen LogP contribution in [-0.4, -0.2) is 25.7 Å². The number of esters is 1. The molecule has 3 heteroatoms. The van der Waals surface area contributed by atoms with E-state index >= 15 is 0 Å². The van der Waals surface area contributed by atoms with Gasteiger partial charge in [-0.3, -0.25) is 10.1 Å². The molecule has 1 aromatic carbocycles. The Morgan fingerprint density at radius 3 is 2.75 bits per heavy atom. The van der Waals surface area contributed by atoms with Crippen LogP contribution < -0.4 is 5.32 Å². The van der Waals surface area contributed by atoms with E-state index in [9.17, 15) is 4.79 Å². The van der Waals surface area contributed by atoms with Crippen LogP contribution in [0.3, 0.4) is 0 Å². The first-order valence-electron chi connectivity index (χ1n) is 5.06. The molecule has 3 nitrogen and oxygen atoms in total. The molecule has 0 radical (unpaired) electrons. The third-order valence-corrected chi connectivity index (χ3v) is 2.22. The molecule has 84 valence electrons. The van der Waals surface area contributed by atoms with Gasteiger partial charge in [-0.15, -0.1) is 6.42 Å². The predicted octanol–water partition coefficient (Wildman–Crippen LogP) is 0.993. The SMILES string of the molecule is C#CCN[C@H](Cc1ccccc1)C(=O)OC. The van der Waals surface area contributed by atoms with E-state index in [2.05, 4.69) is 11.2 Å². The lowest BCUT2D eigenvalue weighted by atomic mass is 10.1. The summed E-state index contributed by atoms with van der Waals surface area (Å²) in [4.78, 5) is 11.5. The first kappa shape index (κ1) is 12.3. The molecule has 1 N–H and O–H groups in total. The number of rotatable bonds is 5. The summed E-state index contributed by atoms with van der Waals surface area (Å²) < 4.78 is 4.71. The first-order chi connectivity index (χ1) is 7.77. The minimum atomic E-state index is -0.386. The lowest BCUT2D eigenvalue weighted by Gasteiger charge is -2.14. The van der Waals surface area contributed by atoms with Crippen molar-refractivity contribution in [1.29, 1.82) is 0 Å². The molecular weight excluding hydrogens is 202 g/mol. The van der Waals surface area contributed by atoms with Gasteiger partial charge in [-0.2, -0.15) is 0 Å². The van der Waals surface area contributed by atoms with E-state index in [1.54, 1.807) is 0 Å². The van der Waals surface area contributed by atoms with Crippen LogP contribution in [0.5, 0.6) is 0 Å². The smallest absolute Gasteiger partial charge is 0.323 e. The number of benzene rings is 1. The van der Waals surface area contributed by atoms with Crippen molar-refractivity contribution in [2.45, 2.75) is 12.5 Å². The van der Waals surface area contributed by atoms with Gasteiger partial charge in [0.1, 0.15) is 6.04 Å². The largest absolute Gasteiger partial charge is 0.468 e. The second-order valence-electron chi connectivity index (χ2n) is 3.35. The van der Waals surface area contributed by atoms with Crippen LogP contribution in [0.4, 0.5) is 0 Å². The van der Waals surface area contributed by atoms with Gasteiger partial charge in [0, 0.05) is 0 Å². The Balaban J connectivity index is 2.64. The molecule has 0 saturated heterocycles. The number of terminal acetylenes is 1. The highest BCUT2D eigenvalue weighted by atomic mass is 16.5. The van der Waals surface area contributed by atoms with Crippen LogP contribution >= 0.6 is 0 Å². The number of nitrogens with one attached hydrogen (secondary N) is 1. The lowest BCUT2D eigenvalue weighted by Crippen LogP contribution is -2.39. The standard InChI is InChI=1S/C13H15NO2/c1-3-9-14-12(13(15)16-2)10-11-7-5-4-6-8-11/h1,4-8,12,14H,9-10H2,2H3/t12-/m1/s1. The zero-order valence-electron chi connectivity index (χ0n) is 9.27. The average Bonchev–Trinajstić information content (AvgIpc) is 2.34. The van der Waals surface area contributed by atoms with Crippen molar-refractivity contribution in [3.63, 3.8) is 0 Å². The van der Waals surface area contributed by atoms with Crippen LogP contribution in [0.1, 0.15) is 5.56 Å². The predicted molar refractivity (Wildman–Crippen MR) is 62.8 cm³/mol. The second kappa shape index (κ2) is 6.65. The monoisotopic (exact) mass is 217 g/mol. The molecule has 0 aliphatic heterocycles. The normalized spacial score (nSPS) is 11.5. The molecule has 0 aliphatic rings. The van der Waals surface area contributed by atoms with Gasteiger partial charge < -0.3 is 4.74 Å². The second-order valence-corrected chi connectivity index (χ2v) is 3.35. The van der Waals surface area contributed by atoms with E-state index in [0.29, 0.717) is 13.0 Å². The summed E-state index contributed by atoms with van der Waals surface area (Å²) in [6, 6.07) is 9.35. The fourth-order valence-electron chi connectivity index (χ4n) is 1.41. The highest BCUT2D eigenvalue weighted by Crippen LogP contribution is 2.04. The maximum absolute atomic E-state index is 11.5. The summed E-state index contributed by atoms with van der Waals surface area (Å²) in [6.45, 7) is 0.354. The van der Waals surface area contributed by atoms with Gasteiger partial charge in [0.2, 0.25) is 0 Å². The van der Waals surface area contributed by atoms with E-state index < -0.39 is 0 Å². The molecule has 0 amide bonds. The quantitative estimate of drug-likeness (QED) is 0.590. The molecular formula is C13H15NO2. The Morgan fingerprint density at radius 1 is 1.50 bits per heavy atom. The number of methoxy groups -OCH3 is 1. The fraction of sp³-hybridized carbons (Fsp3) is 0.308. The third kappa shape index (κ3) is 3.76. The van der Waals surface area contributed by atoms with Gasteiger partial charge in [0.05, 0.1) is 13.7 Å².